The molecule has 0 spiro atoms. The van der Waals surface area contributed by atoms with Crippen LogP contribution in [0.4, 0.5) is 4.39 Å². The summed E-state index contributed by atoms with van der Waals surface area (Å²) in [5, 5.41) is 15.8. The highest BCUT2D eigenvalue weighted by Crippen LogP contribution is 2.10. The lowest BCUT2D eigenvalue weighted by molar-refractivity contribution is 0.0692. The maximum atomic E-state index is 12.8. The molecular weight excluding hydrogens is 173 g/mol. The van der Waals surface area contributed by atoms with Crippen LogP contribution in [-0.4, -0.2) is 16.8 Å². The molecule has 1 aromatic rings. The van der Waals surface area contributed by atoms with Crippen LogP contribution in [0.2, 0.25) is 0 Å². The highest BCUT2D eigenvalue weighted by molar-refractivity contribution is 5.98. The second-order valence-electron chi connectivity index (χ2n) is 2.62. The Morgan fingerprint density at radius 2 is 2.15 bits per heavy atom. The lowest BCUT2D eigenvalue weighted by atomic mass is 10.1. The molecular formula is C9H8FNO2. The zero-order valence-electron chi connectivity index (χ0n) is 6.97. The summed E-state index contributed by atoms with van der Waals surface area (Å²) < 4.78 is 12.8. The molecule has 0 unspecified atom stereocenters. The Labute approximate surface area is 74.3 Å². The Hall–Kier alpha value is -1.71. The summed E-state index contributed by atoms with van der Waals surface area (Å²) in [5.74, 6) is -2.10. The van der Waals surface area contributed by atoms with Crippen LogP contribution in [0.5, 0.6) is 0 Å². The first kappa shape index (κ1) is 9.38. The standard InChI is InChI=1S/C9H8FNO2/c1-5(11)6-2-3-8(10)7(4-6)9(12)13/h2-4,11H,1H3,(H,12,13). The molecule has 0 radical (unpaired) electrons. The molecule has 0 heterocycles. The average Bonchev–Trinajstić information content (AvgIpc) is 2.04. The summed E-state index contributed by atoms with van der Waals surface area (Å²) >= 11 is 0. The van der Waals surface area contributed by atoms with Gasteiger partial charge in [-0.25, -0.2) is 9.18 Å². The van der Waals surface area contributed by atoms with Crippen LogP contribution < -0.4 is 0 Å². The molecule has 0 aliphatic rings. The highest BCUT2D eigenvalue weighted by atomic mass is 19.1. The van der Waals surface area contributed by atoms with E-state index in [-0.39, 0.29) is 5.71 Å². The molecule has 3 nitrogen and oxygen atoms in total. The van der Waals surface area contributed by atoms with E-state index in [1.165, 1.54) is 13.0 Å². The van der Waals surface area contributed by atoms with Gasteiger partial charge in [-0.2, -0.15) is 0 Å². The van der Waals surface area contributed by atoms with Crippen molar-refractivity contribution in [2.24, 2.45) is 0 Å². The van der Waals surface area contributed by atoms with Crippen LogP contribution >= 0.6 is 0 Å². The first-order valence-corrected chi connectivity index (χ1v) is 3.60. The van der Waals surface area contributed by atoms with Crippen LogP contribution in [-0.2, 0) is 0 Å². The average molecular weight is 181 g/mol. The summed E-state index contributed by atoms with van der Waals surface area (Å²) in [6, 6.07) is 3.58. The minimum atomic E-state index is -1.32. The number of carboxylic acids is 1. The van der Waals surface area contributed by atoms with Gasteiger partial charge in [0.25, 0.3) is 0 Å². The molecule has 68 valence electrons. The largest absolute Gasteiger partial charge is 0.478 e. The zero-order valence-corrected chi connectivity index (χ0v) is 6.97. The molecule has 0 aromatic heterocycles. The van der Waals surface area contributed by atoms with Crippen LogP contribution in [0.25, 0.3) is 0 Å². The Balaban J connectivity index is 3.27. The van der Waals surface area contributed by atoms with Gasteiger partial charge in [-0.1, -0.05) is 6.07 Å². The van der Waals surface area contributed by atoms with E-state index in [4.69, 9.17) is 10.5 Å². The number of halogens is 1. The van der Waals surface area contributed by atoms with Gasteiger partial charge in [0, 0.05) is 5.71 Å². The molecule has 1 aromatic carbocycles. The maximum Gasteiger partial charge on any atom is 0.338 e. The second-order valence-corrected chi connectivity index (χ2v) is 2.62. The Morgan fingerprint density at radius 1 is 1.54 bits per heavy atom. The molecule has 13 heavy (non-hydrogen) atoms. The molecule has 0 saturated heterocycles. The quantitative estimate of drug-likeness (QED) is 0.684. The molecule has 0 saturated carbocycles. The first-order valence-electron chi connectivity index (χ1n) is 3.60. The lowest BCUT2D eigenvalue weighted by Crippen LogP contribution is -2.03. The van der Waals surface area contributed by atoms with E-state index >= 15 is 0 Å². The summed E-state index contributed by atoms with van der Waals surface area (Å²) in [5.41, 5.74) is 0.227. The van der Waals surface area contributed by atoms with E-state index in [0.29, 0.717) is 5.56 Å². The van der Waals surface area contributed by atoms with E-state index in [9.17, 15) is 9.18 Å². The summed E-state index contributed by atoms with van der Waals surface area (Å²) in [7, 11) is 0. The topological polar surface area (TPSA) is 61.2 Å². The van der Waals surface area contributed by atoms with Gasteiger partial charge in [-0.05, 0) is 24.6 Å². The lowest BCUT2D eigenvalue weighted by Gasteiger charge is -2.01. The van der Waals surface area contributed by atoms with Crippen molar-refractivity contribution in [3.8, 4) is 0 Å². The van der Waals surface area contributed by atoms with Gasteiger partial charge < -0.3 is 10.5 Å². The fourth-order valence-corrected chi connectivity index (χ4v) is 0.922. The molecule has 2 N–H and O–H groups in total. The van der Waals surface area contributed by atoms with Crippen molar-refractivity contribution in [3.05, 3.63) is 35.1 Å². The Morgan fingerprint density at radius 3 is 2.62 bits per heavy atom. The second kappa shape index (κ2) is 3.35. The van der Waals surface area contributed by atoms with E-state index in [2.05, 4.69) is 0 Å². The van der Waals surface area contributed by atoms with Crippen LogP contribution in [0.3, 0.4) is 0 Å². The van der Waals surface area contributed by atoms with E-state index in [0.717, 1.165) is 12.1 Å². The Kier molecular flexibility index (Phi) is 2.41. The third-order valence-electron chi connectivity index (χ3n) is 1.63. The highest BCUT2D eigenvalue weighted by Gasteiger charge is 2.10. The van der Waals surface area contributed by atoms with Crippen molar-refractivity contribution >= 4 is 11.7 Å². The van der Waals surface area contributed by atoms with Gasteiger partial charge in [0.1, 0.15) is 5.82 Å². The molecule has 0 bridgehead atoms. The minimum absolute atomic E-state index is 0.211. The number of nitrogens with one attached hydrogen (secondary N) is 1. The van der Waals surface area contributed by atoms with Gasteiger partial charge in [-0.3, -0.25) is 0 Å². The van der Waals surface area contributed by atoms with Gasteiger partial charge in [0.2, 0.25) is 0 Å². The number of hydrogen-bond acceptors (Lipinski definition) is 2. The van der Waals surface area contributed by atoms with Gasteiger partial charge in [-0.15, -0.1) is 0 Å². The third-order valence-corrected chi connectivity index (χ3v) is 1.63. The molecule has 4 heteroatoms. The number of carbonyl (C=O) groups is 1. The fourth-order valence-electron chi connectivity index (χ4n) is 0.922. The number of hydrogen-bond donors (Lipinski definition) is 2. The van der Waals surface area contributed by atoms with Gasteiger partial charge in [0.15, 0.2) is 0 Å². The van der Waals surface area contributed by atoms with Gasteiger partial charge >= 0.3 is 5.97 Å². The smallest absolute Gasteiger partial charge is 0.338 e. The van der Waals surface area contributed by atoms with Crippen LogP contribution in [0.15, 0.2) is 18.2 Å². The van der Waals surface area contributed by atoms with Crippen molar-refractivity contribution in [1.29, 1.82) is 5.41 Å². The van der Waals surface area contributed by atoms with Crippen molar-refractivity contribution in [2.45, 2.75) is 6.92 Å². The van der Waals surface area contributed by atoms with Crippen LogP contribution in [0.1, 0.15) is 22.8 Å². The van der Waals surface area contributed by atoms with E-state index < -0.39 is 17.3 Å². The first-order chi connectivity index (χ1) is 6.02. The molecule has 0 amide bonds. The maximum absolute atomic E-state index is 12.8. The predicted molar refractivity (Wildman–Crippen MR) is 45.9 cm³/mol. The van der Waals surface area contributed by atoms with Crippen LogP contribution in [0, 0.1) is 11.2 Å². The van der Waals surface area contributed by atoms with Crippen molar-refractivity contribution in [3.63, 3.8) is 0 Å². The van der Waals surface area contributed by atoms with Gasteiger partial charge in [0.05, 0.1) is 5.56 Å². The monoisotopic (exact) mass is 181 g/mol. The molecule has 0 fully saturated rings. The predicted octanol–water partition coefficient (Wildman–Crippen LogP) is 1.91. The van der Waals surface area contributed by atoms with Crippen molar-refractivity contribution in [1.82, 2.24) is 0 Å². The SMILES string of the molecule is CC(=N)c1ccc(F)c(C(=O)O)c1. The number of benzene rings is 1. The molecule has 1 rings (SSSR count). The molecule has 0 atom stereocenters. The zero-order chi connectivity index (χ0) is 10.0. The summed E-state index contributed by atoms with van der Waals surface area (Å²) in [4.78, 5) is 10.5. The van der Waals surface area contributed by atoms with Crippen molar-refractivity contribution < 1.29 is 14.3 Å². The summed E-state index contributed by atoms with van der Waals surface area (Å²) in [6.45, 7) is 1.51. The summed E-state index contributed by atoms with van der Waals surface area (Å²) in [6.07, 6.45) is 0. The minimum Gasteiger partial charge on any atom is -0.478 e. The molecule has 0 aliphatic carbocycles. The van der Waals surface area contributed by atoms with E-state index in [1.807, 2.05) is 0 Å². The number of carboxylic acid groups (broad SMARTS) is 1. The van der Waals surface area contributed by atoms with Crippen molar-refractivity contribution in [2.75, 3.05) is 0 Å². The van der Waals surface area contributed by atoms with E-state index in [1.54, 1.807) is 0 Å². The number of aromatic carboxylic acids is 1. The number of rotatable bonds is 2. The molecule has 0 aliphatic heterocycles. The fraction of sp³-hybridized carbons (Fsp3) is 0.111. The normalized spacial score (nSPS) is 9.69. The third kappa shape index (κ3) is 1.90. The Bertz CT molecular complexity index is 374.